The molecule has 1 nitrogen and oxygen atoms in total. The third kappa shape index (κ3) is 1.67. The second kappa shape index (κ2) is 3.44. The van der Waals surface area contributed by atoms with Crippen molar-refractivity contribution in [2.24, 2.45) is 0 Å². The van der Waals surface area contributed by atoms with Crippen molar-refractivity contribution in [3.63, 3.8) is 0 Å². The van der Waals surface area contributed by atoms with Gasteiger partial charge in [0.1, 0.15) is 5.75 Å². The molecule has 1 atom stereocenters. The van der Waals surface area contributed by atoms with E-state index in [1.165, 1.54) is 0 Å². The minimum absolute atomic E-state index is 0.214. The number of hydrogen-bond acceptors (Lipinski definition) is 1. The number of hydrogen-bond donors (Lipinski definition) is 1. The first kappa shape index (κ1) is 8.85. The molecule has 0 bridgehead atoms. The van der Waals surface area contributed by atoms with Crippen molar-refractivity contribution in [1.29, 1.82) is 0 Å². The largest absolute Gasteiger partial charge is 0.508 e. The van der Waals surface area contributed by atoms with Crippen LogP contribution in [0.3, 0.4) is 0 Å². The fraction of sp³-hybridized carbons (Fsp3) is 0.273. The highest BCUT2D eigenvalue weighted by molar-refractivity contribution is 5.39. The SMILES string of the molecule is C=C[C@H](C)c1ccc(C)cc1O. The topological polar surface area (TPSA) is 20.2 Å². The van der Waals surface area contributed by atoms with Crippen molar-refractivity contribution in [3.05, 3.63) is 42.0 Å². The van der Waals surface area contributed by atoms with E-state index in [0.717, 1.165) is 11.1 Å². The highest BCUT2D eigenvalue weighted by Gasteiger charge is 2.05. The first-order valence-electron chi connectivity index (χ1n) is 4.07. The van der Waals surface area contributed by atoms with Gasteiger partial charge >= 0.3 is 0 Å². The lowest BCUT2D eigenvalue weighted by atomic mass is 9.99. The van der Waals surface area contributed by atoms with Gasteiger partial charge in [-0.2, -0.15) is 0 Å². The Morgan fingerprint density at radius 3 is 2.67 bits per heavy atom. The normalized spacial score (nSPS) is 12.5. The molecule has 0 saturated heterocycles. The molecule has 0 saturated carbocycles. The lowest BCUT2D eigenvalue weighted by Gasteiger charge is -2.08. The maximum atomic E-state index is 9.55. The van der Waals surface area contributed by atoms with E-state index in [1.807, 2.05) is 32.1 Å². The van der Waals surface area contributed by atoms with E-state index in [1.54, 1.807) is 6.07 Å². The predicted octanol–water partition coefficient (Wildman–Crippen LogP) is 2.99. The Bertz CT molecular complexity index is 289. The van der Waals surface area contributed by atoms with Crippen molar-refractivity contribution >= 4 is 0 Å². The van der Waals surface area contributed by atoms with Crippen molar-refractivity contribution in [2.75, 3.05) is 0 Å². The number of rotatable bonds is 2. The van der Waals surface area contributed by atoms with E-state index >= 15 is 0 Å². The van der Waals surface area contributed by atoms with Crippen LogP contribution in [-0.4, -0.2) is 5.11 Å². The summed E-state index contributed by atoms with van der Waals surface area (Å²) in [6.45, 7) is 7.66. The second-order valence-electron chi connectivity index (χ2n) is 3.09. The highest BCUT2D eigenvalue weighted by Crippen LogP contribution is 2.26. The summed E-state index contributed by atoms with van der Waals surface area (Å²) in [6.07, 6.45) is 1.82. The first-order chi connectivity index (χ1) is 5.65. The van der Waals surface area contributed by atoms with E-state index in [-0.39, 0.29) is 5.92 Å². The molecule has 0 aliphatic rings. The van der Waals surface area contributed by atoms with Gasteiger partial charge < -0.3 is 5.11 Å². The van der Waals surface area contributed by atoms with Gasteiger partial charge in [-0.3, -0.25) is 0 Å². The summed E-state index contributed by atoms with van der Waals surface area (Å²) in [5.41, 5.74) is 2.02. The summed E-state index contributed by atoms with van der Waals surface area (Å²) >= 11 is 0. The van der Waals surface area contributed by atoms with E-state index in [2.05, 4.69) is 6.58 Å². The third-order valence-electron chi connectivity index (χ3n) is 2.03. The van der Waals surface area contributed by atoms with Gasteiger partial charge in [0.2, 0.25) is 0 Å². The molecule has 1 rings (SSSR count). The van der Waals surface area contributed by atoms with Gasteiger partial charge in [-0.25, -0.2) is 0 Å². The van der Waals surface area contributed by atoms with Crippen molar-refractivity contribution in [2.45, 2.75) is 19.8 Å². The molecule has 0 fully saturated rings. The number of aromatic hydroxyl groups is 1. The molecule has 1 N–H and O–H groups in total. The van der Waals surface area contributed by atoms with Crippen LogP contribution in [0, 0.1) is 6.92 Å². The van der Waals surface area contributed by atoms with E-state index in [9.17, 15) is 5.11 Å². The predicted molar refractivity (Wildman–Crippen MR) is 51.5 cm³/mol. The van der Waals surface area contributed by atoms with Gasteiger partial charge in [0.15, 0.2) is 0 Å². The van der Waals surface area contributed by atoms with Crippen LogP contribution in [0.15, 0.2) is 30.9 Å². The Balaban J connectivity index is 3.09. The molecule has 0 aliphatic heterocycles. The summed E-state index contributed by atoms with van der Waals surface area (Å²) in [7, 11) is 0. The summed E-state index contributed by atoms with van der Waals surface area (Å²) in [6, 6.07) is 5.71. The molecule has 12 heavy (non-hydrogen) atoms. The Morgan fingerprint density at radius 1 is 1.50 bits per heavy atom. The molecule has 0 aliphatic carbocycles. The third-order valence-corrected chi connectivity index (χ3v) is 2.03. The Labute approximate surface area is 73.4 Å². The van der Waals surface area contributed by atoms with Gasteiger partial charge in [0, 0.05) is 11.5 Å². The van der Waals surface area contributed by atoms with E-state index in [0.29, 0.717) is 5.75 Å². The quantitative estimate of drug-likeness (QED) is 0.663. The number of benzene rings is 1. The fourth-order valence-corrected chi connectivity index (χ4v) is 1.17. The van der Waals surface area contributed by atoms with Crippen LogP contribution in [0.4, 0.5) is 0 Å². The van der Waals surface area contributed by atoms with Crippen molar-refractivity contribution in [3.8, 4) is 5.75 Å². The number of phenols is 1. The summed E-state index contributed by atoms with van der Waals surface area (Å²) in [5, 5.41) is 9.55. The molecular formula is C11H14O. The molecule has 1 heteroatoms. The van der Waals surface area contributed by atoms with Crippen molar-refractivity contribution in [1.82, 2.24) is 0 Å². The summed E-state index contributed by atoms with van der Waals surface area (Å²) < 4.78 is 0. The van der Waals surface area contributed by atoms with Gasteiger partial charge in [-0.15, -0.1) is 6.58 Å². The fourth-order valence-electron chi connectivity index (χ4n) is 1.17. The minimum Gasteiger partial charge on any atom is -0.508 e. The van der Waals surface area contributed by atoms with Crippen LogP contribution in [0.2, 0.25) is 0 Å². The summed E-state index contributed by atoms with van der Waals surface area (Å²) in [4.78, 5) is 0. The standard InChI is InChI=1S/C11H14O/c1-4-9(3)10-6-5-8(2)7-11(10)12/h4-7,9,12H,1H2,2-3H3/t9-/m0/s1. The van der Waals surface area contributed by atoms with E-state index < -0.39 is 0 Å². The van der Waals surface area contributed by atoms with E-state index in [4.69, 9.17) is 0 Å². The smallest absolute Gasteiger partial charge is 0.119 e. The highest BCUT2D eigenvalue weighted by atomic mass is 16.3. The monoisotopic (exact) mass is 162 g/mol. The lowest BCUT2D eigenvalue weighted by molar-refractivity contribution is 0.466. The van der Waals surface area contributed by atoms with Crippen molar-refractivity contribution < 1.29 is 5.11 Å². The van der Waals surface area contributed by atoms with Gasteiger partial charge in [-0.05, 0) is 18.6 Å². The van der Waals surface area contributed by atoms with Crippen LogP contribution in [0.5, 0.6) is 5.75 Å². The molecule has 1 aromatic carbocycles. The molecule has 0 aromatic heterocycles. The van der Waals surface area contributed by atoms with Crippen LogP contribution >= 0.6 is 0 Å². The lowest BCUT2D eigenvalue weighted by Crippen LogP contribution is -1.89. The van der Waals surface area contributed by atoms with Crippen LogP contribution < -0.4 is 0 Å². The van der Waals surface area contributed by atoms with Crippen LogP contribution in [0.1, 0.15) is 24.0 Å². The van der Waals surface area contributed by atoms with Gasteiger partial charge in [0.25, 0.3) is 0 Å². The number of phenolic OH excluding ortho intramolecular Hbond substituents is 1. The maximum absolute atomic E-state index is 9.55. The number of allylic oxidation sites excluding steroid dienone is 1. The molecule has 0 spiro atoms. The maximum Gasteiger partial charge on any atom is 0.119 e. The molecule has 0 heterocycles. The molecule has 0 amide bonds. The Hall–Kier alpha value is -1.24. The number of aryl methyl sites for hydroxylation is 1. The average molecular weight is 162 g/mol. The van der Waals surface area contributed by atoms with Crippen LogP contribution in [-0.2, 0) is 0 Å². The summed E-state index contributed by atoms with van der Waals surface area (Å²) in [5.74, 6) is 0.577. The van der Waals surface area contributed by atoms with Crippen LogP contribution in [0.25, 0.3) is 0 Å². The van der Waals surface area contributed by atoms with Gasteiger partial charge in [-0.1, -0.05) is 25.1 Å². The average Bonchev–Trinajstić information content (AvgIpc) is 2.03. The Kier molecular flexibility index (Phi) is 2.54. The Morgan fingerprint density at radius 2 is 2.17 bits per heavy atom. The molecular weight excluding hydrogens is 148 g/mol. The zero-order valence-electron chi connectivity index (χ0n) is 7.54. The second-order valence-corrected chi connectivity index (χ2v) is 3.09. The minimum atomic E-state index is 0.214. The van der Waals surface area contributed by atoms with Gasteiger partial charge in [0.05, 0.1) is 0 Å². The molecule has 0 radical (unpaired) electrons. The molecule has 64 valence electrons. The zero-order chi connectivity index (χ0) is 9.14. The molecule has 1 aromatic rings. The zero-order valence-corrected chi connectivity index (χ0v) is 7.54. The first-order valence-corrected chi connectivity index (χ1v) is 4.07. The molecule has 0 unspecified atom stereocenters.